The molecule has 8 aliphatic rings. The van der Waals surface area contributed by atoms with E-state index in [1.807, 2.05) is 49.9 Å². The number of esters is 1. The lowest BCUT2D eigenvalue weighted by Crippen LogP contribution is -2.60. The lowest BCUT2D eigenvalue weighted by molar-refractivity contribution is -0.340. The fraction of sp³-hybridized carbons (Fsp3) is 0.803. The van der Waals surface area contributed by atoms with E-state index in [2.05, 4.69) is 101 Å². The van der Waals surface area contributed by atoms with Crippen LogP contribution in [-0.2, 0) is 56.8 Å². The Hall–Kier alpha value is -3.64. The summed E-state index contributed by atoms with van der Waals surface area (Å²) in [6.45, 7) is 26.5. The first-order chi connectivity index (χ1) is 41.2. The van der Waals surface area contributed by atoms with Gasteiger partial charge in [0.05, 0.1) is 61.4 Å². The third-order valence-electron chi connectivity index (χ3n) is 20.4. The maximum atomic E-state index is 14.9. The predicted octanol–water partition coefficient (Wildman–Crippen LogP) is 9.13. The van der Waals surface area contributed by atoms with E-state index in [0.717, 1.165) is 61.8 Å². The van der Waals surface area contributed by atoms with Crippen molar-refractivity contribution in [2.45, 2.75) is 280 Å². The minimum absolute atomic E-state index is 0.0254. The second-order valence-electron chi connectivity index (χ2n) is 28.1. The number of carbonyl (C=O) groups excluding carboxylic acids is 5. The van der Waals surface area contributed by atoms with Crippen molar-refractivity contribution < 1.29 is 66.7 Å². The van der Waals surface area contributed by atoms with E-state index in [4.69, 9.17) is 37.6 Å². The number of rotatable bonds is 22. The maximum Gasteiger partial charge on any atom is 0.316 e. The first-order valence-corrected chi connectivity index (χ1v) is 36.9. The van der Waals surface area contributed by atoms with Crippen molar-refractivity contribution in [3.8, 4) is 0 Å². The van der Waals surface area contributed by atoms with Gasteiger partial charge in [-0.05, 0) is 106 Å². The Morgan fingerprint density at radius 2 is 1.66 bits per heavy atom. The highest BCUT2D eigenvalue weighted by Crippen LogP contribution is 2.50. The number of carbonyl (C=O) groups is 5. The standard InChI is InChI=1S/C66H107N5O14SSi/c1-14-39(2)59-42(5)28-30-65(84-59)36-47-34-46(83-65)27-26-41(4)58(40(3)21-20-22-45-37-79-61-60(85-87(12,13)64(8,9)10)43(6)33-48(62(75)81-47)66(45,61)77)82-55-35-50(78-11)56(44(7)80-55)70-54(74)29-32-68-53(73)24-16-15-19-31-67-52(72)25-18-17-23-51-57-49(38-86-51)69-63(76)71-57/h20-22,26,33,39-40,42,44,46-51,55-61,77H,14-19,23-25,27-32,34-38H2,1-13H3,(H,67,72)(H,68,73)(H,70,74)(H2,69,71,76)/b21-20+,41-26+,45-22+/t39?,40-,42-,44-,46+,47-,48-,49?,50-,51-,55-,56-,57?,58?,59+,60+,61?,65+,66+/m0/s1. The third kappa shape index (κ3) is 17.1. The zero-order chi connectivity index (χ0) is 63.0. The van der Waals surface area contributed by atoms with Crippen molar-refractivity contribution in [2.75, 3.05) is 32.6 Å². The van der Waals surface area contributed by atoms with Crippen LogP contribution in [0.5, 0.6) is 0 Å². The summed E-state index contributed by atoms with van der Waals surface area (Å²) in [5.41, 5.74) is 0.599. The van der Waals surface area contributed by atoms with E-state index in [1.54, 1.807) is 7.11 Å². The number of methoxy groups -OCH3 is 1. The van der Waals surface area contributed by atoms with E-state index in [-0.39, 0.29) is 78.6 Å². The molecule has 5 amide bonds. The number of aliphatic hydroxyl groups is 1. The molecule has 0 aromatic rings. The molecule has 7 heterocycles. The molecule has 0 aromatic heterocycles. The molecule has 1 aliphatic carbocycles. The van der Waals surface area contributed by atoms with Gasteiger partial charge >= 0.3 is 12.0 Å². The van der Waals surface area contributed by atoms with E-state index in [0.29, 0.717) is 80.6 Å². The molecule has 0 radical (unpaired) electrons. The van der Waals surface area contributed by atoms with Crippen LogP contribution in [0.1, 0.15) is 172 Å². The first kappa shape index (κ1) is 69.2. The number of ether oxygens (including phenoxy) is 7. The Morgan fingerprint density at radius 3 is 2.38 bits per heavy atom. The lowest BCUT2D eigenvalue weighted by atomic mass is 9.71. The molecule has 490 valence electrons. The number of urea groups is 1. The topological polar surface area (TPSA) is 240 Å². The fourth-order valence-corrected chi connectivity index (χ4v) is 16.8. The molecule has 19 atom stereocenters. The van der Waals surface area contributed by atoms with Gasteiger partial charge in [-0.15, -0.1) is 0 Å². The summed E-state index contributed by atoms with van der Waals surface area (Å²) in [5, 5.41) is 28.5. The molecule has 7 aliphatic heterocycles. The highest BCUT2D eigenvalue weighted by molar-refractivity contribution is 8.00. The van der Waals surface area contributed by atoms with E-state index in [9.17, 15) is 29.1 Å². The Morgan fingerprint density at radius 1 is 0.920 bits per heavy atom. The second-order valence-corrected chi connectivity index (χ2v) is 34.1. The summed E-state index contributed by atoms with van der Waals surface area (Å²) in [5.74, 6) is -1.49. The monoisotopic (exact) mass is 1250 g/mol. The van der Waals surface area contributed by atoms with Crippen molar-refractivity contribution in [2.24, 2.45) is 23.7 Å². The number of nitrogens with one attached hydrogen (secondary N) is 5. The average Bonchev–Trinajstić information content (AvgIpc) is 1.69. The molecule has 19 nitrogen and oxygen atoms in total. The Kier molecular flexibility index (Phi) is 24.0. The molecule has 0 aromatic carbocycles. The molecular weight excluding hydrogens is 1150 g/mol. The lowest BCUT2D eigenvalue weighted by Gasteiger charge is -2.51. The van der Waals surface area contributed by atoms with E-state index in [1.165, 1.54) is 0 Å². The van der Waals surface area contributed by atoms with Gasteiger partial charge in [0.1, 0.15) is 23.7 Å². The van der Waals surface area contributed by atoms with Gasteiger partial charge in [0, 0.05) is 82.1 Å². The molecule has 8 rings (SSSR count). The molecule has 5 unspecified atom stereocenters. The van der Waals surface area contributed by atoms with E-state index >= 15 is 0 Å². The fourth-order valence-electron chi connectivity index (χ4n) is 14.0. The number of allylic oxidation sites excluding steroid dienone is 2. The molecule has 6 saturated heterocycles. The summed E-state index contributed by atoms with van der Waals surface area (Å²) >= 11 is 1.89. The van der Waals surface area contributed by atoms with Crippen LogP contribution in [0.15, 0.2) is 47.1 Å². The Labute approximate surface area is 524 Å². The minimum atomic E-state index is -2.40. The van der Waals surface area contributed by atoms with E-state index < -0.39 is 80.5 Å². The summed E-state index contributed by atoms with van der Waals surface area (Å²) < 4.78 is 54.1. The van der Waals surface area contributed by atoms with Crippen LogP contribution in [0.3, 0.4) is 0 Å². The Balaban J connectivity index is 0.872. The van der Waals surface area contributed by atoms with Crippen LogP contribution in [0, 0.1) is 23.7 Å². The van der Waals surface area contributed by atoms with Gasteiger partial charge in [-0.25, -0.2) is 4.79 Å². The van der Waals surface area contributed by atoms with Gasteiger partial charge in [-0.1, -0.05) is 98.1 Å². The molecule has 6 N–H and O–H groups in total. The molecule has 21 heteroatoms. The van der Waals surface area contributed by atoms with Crippen LogP contribution in [0.4, 0.5) is 4.79 Å². The zero-order valence-corrected chi connectivity index (χ0v) is 56.3. The van der Waals surface area contributed by atoms with Crippen LogP contribution in [0.2, 0.25) is 18.1 Å². The number of hydrogen-bond acceptors (Lipinski definition) is 15. The van der Waals surface area contributed by atoms with Gasteiger partial charge in [-0.2, -0.15) is 11.8 Å². The predicted molar refractivity (Wildman–Crippen MR) is 338 cm³/mol. The molecule has 87 heavy (non-hydrogen) atoms. The summed E-state index contributed by atoms with van der Waals surface area (Å²) in [6.07, 6.45) is 15.5. The van der Waals surface area contributed by atoms with Crippen molar-refractivity contribution >= 4 is 49.8 Å². The van der Waals surface area contributed by atoms with Crippen molar-refractivity contribution in [3.63, 3.8) is 0 Å². The highest BCUT2D eigenvalue weighted by Gasteiger charge is 2.62. The molecular formula is C66H107N5O14SSi. The SMILES string of the molecule is CCC(C)[C@H]1O[C@]2(CC[C@@H]1C)C[C@@H]1C[C@@H](C/C=C(\C)C(O[C@H]3C[C@H](OC)[C@@H](NC(=O)CCNC(=O)CCCCCNC(=O)CCCC[C@@H]4SCC5NC(=O)NC54)[C@H](C)O3)[C@@H](C)/C=C/C=C3\COC4[C@H](O[Si](C)(C)C(C)(C)C)C(C)=C[C@@H](C(=O)O1)[C@]34O)O2. The van der Waals surface area contributed by atoms with Gasteiger partial charge in [-0.3, -0.25) is 19.2 Å². The van der Waals surface area contributed by atoms with Crippen molar-refractivity contribution in [1.82, 2.24) is 26.6 Å². The average molecular weight is 1250 g/mol. The number of fused-ring (bicyclic) bond motifs is 3. The maximum absolute atomic E-state index is 14.9. The highest BCUT2D eigenvalue weighted by atomic mass is 32.2. The number of unbranched alkanes of at least 4 members (excludes halogenated alkanes) is 3. The number of hydrogen-bond donors (Lipinski definition) is 6. The van der Waals surface area contributed by atoms with Gasteiger partial charge in [0.25, 0.3) is 0 Å². The third-order valence-corrected chi connectivity index (χ3v) is 26.4. The van der Waals surface area contributed by atoms with Gasteiger partial charge < -0.3 is 69.3 Å². The zero-order valence-electron chi connectivity index (χ0n) is 54.5. The van der Waals surface area contributed by atoms with Crippen LogP contribution < -0.4 is 26.6 Å². The molecule has 0 saturated carbocycles. The smallest absolute Gasteiger partial charge is 0.316 e. The first-order valence-electron chi connectivity index (χ1n) is 32.9. The van der Waals surface area contributed by atoms with Gasteiger partial charge in [0.2, 0.25) is 17.7 Å². The van der Waals surface area contributed by atoms with Gasteiger partial charge in [0.15, 0.2) is 20.4 Å². The molecule has 2 bridgehead atoms. The number of amides is 5. The molecule has 6 fully saturated rings. The summed E-state index contributed by atoms with van der Waals surface area (Å²) in [7, 11) is -0.776. The normalized spacial score (nSPS) is 38.3. The van der Waals surface area contributed by atoms with Crippen molar-refractivity contribution in [1.29, 1.82) is 0 Å². The second kappa shape index (κ2) is 30.2. The van der Waals surface area contributed by atoms with Crippen molar-refractivity contribution in [3.05, 3.63) is 47.1 Å². The van der Waals surface area contributed by atoms with Crippen LogP contribution in [-0.4, -0.2) is 166 Å². The van der Waals surface area contributed by atoms with Crippen LogP contribution >= 0.6 is 11.8 Å². The van der Waals surface area contributed by atoms with Crippen LogP contribution in [0.25, 0.3) is 0 Å². The Bertz CT molecular complexity index is 2520. The number of thioether (sulfide) groups is 1. The molecule has 1 spiro atoms. The summed E-state index contributed by atoms with van der Waals surface area (Å²) in [6, 6.07) is -0.162. The minimum Gasteiger partial charge on any atom is -0.462 e. The summed E-state index contributed by atoms with van der Waals surface area (Å²) in [4.78, 5) is 65.2. The largest absolute Gasteiger partial charge is 0.462 e. The quantitative estimate of drug-likeness (QED) is 0.0195.